The molecule has 1 saturated heterocycles. The van der Waals surface area contributed by atoms with E-state index >= 15 is 0 Å². The molecule has 0 aliphatic carbocycles. The summed E-state index contributed by atoms with van der Waals surface area (Å²) in [7, 11) is 5.01. The number of rotatable bonds is 7. The summed E-state index contributed by atoms with van der Waals surface area (Å²) in [6.07, 6.45) is 2.93. The van der Waals surface area contributed by atoms with Gasteiger partial charge in [-0.2, -0.15) is 0 Å². The summed E-state index contributed by atoms with van der Waals surface area (Å²) in [5, 5.41) is 4.31. The molecule has 0 spiro atoms. The average molecular weight is 484 g/mol. The molecule has 0 bridgehead atoms. The number of nitrogens with zero attached hydrogens (tertiary/aromatic N) is 3. The van der Waals surface area contributed by atoms with Crippen molar-refractivity contribution in [1.82, 2.24) is 9.47 Å². The number of oxime groups is 1. The third-order valence-corrected chi connectivity index (χ3v) is 5.97. The van der Waals surface area contributed by atoms with Gasteiger partial charge >= 0.3 is 0 Å². The van der Waals surface area contributed by atoms with Gasteiger partial charge in [0.2, 0.25) is 0 Å². The Morgan fingerprint density at radius 1 is 1.00 bits per heavy atom. The average Bonchev–Trinajstić information content (AvgIpc) is 2.86. The monoisotopic (exact) mass is 483 g/mol. The fraction of sp³-hybridized carbons (Fsp3) is 0.308. The summed E-state index contributed by atoms with van der Waals surface area (Å²) in [6, 6.07) is 11.3. The number of hydrogen-bond donors (Lipinski definition) is 0. The van der Waals surface area contributed by atoms with E-state index in [9.17, 15) is 13.6 Å². The van der Waals surface area contributed by atoms with E-state index < -0.39 is 11.6 Å². The maximum atomic E-state index is 14.9. The molecule has 1 aliphatic rings. The molecular formula is C26H27F2N3O4. The predicted molar refractivity (Wildman–Crippen MR) is 129 cm³/mol. The van der Waals surface area contributed by atoms with Gasteiger partial charge in [-0.05, 0) is 50.2 Å². The topological polar surface area (TPSA) is 65.3 Å². The highest BCUT2D eigenvalue weighted by Gasteiger charge is 2.21. The number of likely N-dealkylation sites (tertiary alicyclic amines) is 1. The highest BCUT2D eigenvalue weighted by molar-refractivity contribution is 6.12. The fourth-order valence-corrected chi connectivity index (χ4v) is 4.03. The van der Waals surface area contributed by atoms with Crippen molar-refractivity contribution in [2.45, 2.75) is 18.9 Å². The van der Waals surface area contributed by atoms with Gasteiger partial charge in [0.15, 0.2) is 0 Å². The van der Waals surface area contributed by atoms with Gasteiger partial charge in [0.25, 0.3) is 5.56 Å². The van der Waals surface area contributed by atoms with Crippen molar-refractivity contribution in [1.29, 1.82) is 0 Å². The SMILES string of the molecule is COc1cccc(OC)c1-n1cc(/C(=N/OC2CCN(C)CC2)c2ccc(F)cc2F)ccc1=O. The lowest BCUT2D eigenvalue weighted by atomic mass is 10.0. The van der Waals surface area contributed by atoms with Crippen molar-refractivity contribution in [2.75, 3.05) is 34.4 Å². The van der Waals surface area contributed by atoms with E-state index in [1.54, 1.807) is 18.2 Å². The zero-order chi connectivity index (χ0) is 24.9. The largest absolute Gasteiger partial charge is 0.494 e. The first-order valence-electron chi connectivity index (χ1n) is 11.2. The zero-order valence-corrected chi connectivity index (χ0v) is 19.8. The van der Waals surface area contributed by atoms with E-state index in [-0.39, 0.29) is 22.9 Å². The molecule has 35 heavy (non-hydrogen) atoms. The van der Waals surface area contributed by atoms with E-state index in [2.05, 4.69) is 10.1 Å². The Hall–Kier alpha value is -3.72. The van der Waals surface area contributed by atoms with E-state index in [0.717, 1.165) is 38.1 Å². The first-order valence-corrected chi connectivity index (χ1v) is 11.2. The molecule has 0 amide bonds. The van der Waals surface area contributed by atoms with Crippen molar-refractivity contribution >= 4 is 5.71 Å². The van der Waals surface area contributed by atoms with Crippen LogP contribution in [-0.4, -0.2) is 55.6 Å². The molecule has 2 aromatic carbocycles. The lowest BCUT2D eigenvalue weighted by Crippen LogP contribution is -2.33. The van der Waals surface area contributed by atoms with Crippen LogP contribution in [0.1, 0.15) is 24.0 Å². The van der Waals surface area contributed by atoms with Gasteiger partial charge in [0.1, 0.15) is 40.6 Å². The number of benzene rings is 2. The molecule has 7 nitrogen and oxygen atoms in total. The van der Waals surface area contributed by atoms with Crippen LogP contribution < -0.4 is 15.0 Å². The molecule has 0 unspecified atom stereocenters. The molecule has 0 saturated carbocycles. The smallest absolute Gasteiger partial charge is 0.255 e. The molecule has 0 radical (unpaired) electrons. The first-order chi connectivity index (χ1) is 16.9. The number of aromatic nitrogens is 1. The number of hydrogen-bond acceptors (Lipinski definition) is 6. The normalized spacial score (nSPS) is 15.2. The molecule has 9 heteroatoms. The Balaban J connectivity index is 1.83. The Morgan fingerprint density at radius 2 is 1.69 bits per heavy atom. The van der Waals surface area contributed by atoms with Crippen LogP contribution in [0, 0.1) is 11.6 Å². The van der Waals surface area contributed by atoms with Crippen LogP contribution in [-0.2, 0) is 4.84 Å². The van der Waals surface area contributed by atoms with Crippen LogP contribution in [0.25, 0.3) is 5.69 Å². The highest BCUT2D eigenvalue weighted by Crippen LogP contribution is 2.31. The number of para-hydroxylation sites is 1. The van der Waals surface area contributed by atoms with E-state index in [0.29, 0.717) is 22.7 Å². The number of halogens is 2. The van der Waals surface area contributed by atoms with Crippen molar-refractivity contribution in [3.8, 4) is 17.2 Å². The van der Waals surface area contributed by atoms with Gasteiger partial charge in [-0.1, -0.05) is 11.2 Å². The van der Waals surface area contributed by atoms with Crippen LogP contribution in [0.2, 0.25) is 0 Å². The molecule has 3 aromatic rings. The van der Waals surface area contributed by atoms with Gasteiger partial charge in [-0.15, -0.1) is 0 Å². The number of ether oxygens (including phenoxy) is 2. The maximum Gasteiger partial charge on any atom is 0.255 e. The molecule has 0 atom stereocenters. The van der Waals surface area contributed by atoms with E-state index in [4.69, 9.17) is 14.3 Å². The summed E-state index contributed by atoms with van der Waals surface area (Å²) in [4.78, 5) is 20.9. The highest BCUT2D eigenvalue weighted by atomic mass is 19.1. The standard InChI is InChI=1S/C26H27F2N3O4/c1-30-13-11-19(12-14-30)35-29-25(20-9-8-18(27)15-21(20)28)17-7-10-24(32)31(16-17)26-22(33-2)5-4-6-23(26)34-3/h4-10,15-16,19H,11-14H2,1-3H3/b29-25-. The maximum absolute atomic E-state index is 14.9. The summed E-state index contributed by atoms with van der Waals surface area (Å²) in [5.41, 5.74) is 0.628. The lowest BCUT2D eigenvalue weighted by Gasteiger charge is -2.27. The predicted octanol–water partition coefficient (Wildman–Crippen LogP) is 4.00. The lowest BCUT2D eigenvalue weighted by molar-refractivity contribution is 0.0163. The summed E-state index contributed by atoms with van der Waals surface area (Å²) in [5.74, 6) is -0.663. The fourth-order valence-electron chi connectivity index (χ4n) is 4.03. The minimum atomic E-state index is -0.789. The van der Waals surface area contributed by atoms with Gasteiger partial charge in [-0.3, -0.25) is 9.36 Å². The van der Waals surface area contributed by atoms with Crippen LogP contribution in [0.15, 0.2) is 64.7 Å². The molecule has 1 fully saturated rings. The van der Waals surface area contributed by atoms with Crippen LogP contribution in [0.4, 0.5) is 8.78 Å². The third kappa shape index (κ3) is 5.35. The summed E-state index contributed by atoms with van der Waals surface area (Å²) in [6.45, 7) is 1.72. The molecular weight excluding hydrogens is 456 g/mol. The zero-order valence-electron chi connectivity index (χ0n) is 19.8. The minimum Gasteiger partial charge on any atom is -0.494 e. The first kappa shape index (κ1) is 24.4. The Kier molecular flexibility index (Phi) is 7.45. The molecule has 1 aromatic heterocycles. The Labute approximate surface area is 202 Å². The minimum absolute atomic E-state index is 0.0523. The summed E-state index contributed by atoms with van der Waals surface area (Å²) >= 11 is 0. The Morgan fingerprint density at radius 3 is 2.31 bits per heavy atom. The number of piperidine rings is 1. The van der Waals surface area contributed by atoms with Gasteiger partial charge < -0.3 is 19.2 Å². The second kappa shape index (κ2) is 10.7. The van der Waals surface area contributed by atoms with E-state index in [1.807, 2.05) is 7.05 Å². The van der Waals surface area contributed by atoms with Crippen molar-refractivity contribution in [2.24, 2.45) is 5.16 Å². The number of pyridine rings is 1. The van der Waals surface area contributed by atoms with Crippen molar-refractivity contribution < 1.29 is 23.1 Å². The van der Waals surface area contributed by atoms with Crippen molar-refractivity contribution in [3.05, 3.63) is 87.8 Å². The second-order valence-corrected chi connectivity index (χ2v) is 8.31. The molecule has 184 valence electrons. The van der Waals surface area contributed by atoms with Crippen LogP contribution in [0.5, 0.6) is 11.5 Å². The third-order valence-electron chi connectivity index (χ3n) is 5.97. The Bertz CT molecular complexity index is 1260. The summed E-state index contributed by atoms with van der Waals surface area (Å²) < 4.78 is 40.7. The van der Waals surface area contributed by atoms with Gasteiger partial charge in [0.05, 0.1) is 14.2 Å². The molecule has 0 N–H and O–H groups in total. The molecule has 4 rings (SSSR count). The van der Waals surface area contributed by atoms with Gasteiger partial charge in [-0.25, -0.2) is 8.78 Å². The van der Waals surface area contributed by atoms with Crippen molar-refractivity contribution in [3.63, 3.8) is 0 Å². The van der Waals surface area contributed by atoms with Gasteiger partial charge in [0, 0.05) is 42.5 Å². The molecule has 1 aliphatic heterocycles. The number of methoxy groups -OCH3 is 2. The second-order valence-electron chi connectivity index (χ2n) is 8.31. The van der Waals surface area contributed by atoms with Crippen LogP contribution in [0.3, 0.4) is 0 Å². The molecule has 2 heterocycles. The quantitative estimate of drug-likeness (QED) is 0.376. The van der Waals surface area contributed by atoms with Crippen LogP contribution >= 0.6 is 0 Å². The van der Waals surface area contributed by atoms with E-state index in [1.165, 1.54) is 43.2 Å².